The number of hydrogen-bond acceptors (Lipinski definition) is 1. The minimum absolute atomic E-state index is 0.0669. The highest BCUT2D eigenvalue weighted by molar-refractivity contribution is 6.90. The van der Waals surface area contributed by atoms with Crippen LogP contribution in [0.5, 0.6) is 0 Å². The fourth-order valence-corrected chi connectivity index (χ4v) is 11.2. The van der Waals surface area contributed by atoms with E-state index in [1.165, 1.54) is 111 Å². The van der Waals surface area contributed by atoms with Gasteiger partial charge in [0.25, 0.3) is 0 Å². The Morgan fingerprint density at radius 1 is 0.310 bits per heavy atom. The molecule has 334 valence electrons. The molecule has 0 unspecified atom stereocenters. The van der Waals surface area contributed by atoms with Gasteiger partial charge in [-0.2, -0.15) is 0 Å². The molecule has 3 heterocycles. The summed E-state index contributed by atoms with van der Waals surface area (Å²) < 4.78 is 4.74. The standard InChI is InChI=1S/C36H25BN2.C31H23N/c1-3-13-26(14-4-1)37-33-20-10-7-17-29(33)30-18-9-12-22-36(30)39(37)28-23-24-35-32(25-28)31-19-8-11-21-34(31)38(35)27-15-5-2-6-16-27;1-3-11-24(12-4-1)27-16-8-7-13-25(27)21-23-19-20-31-29(22-23)28-17-9-10-18-30(28)32(31)26-14-5-2-6-15-26/h1-25H;1-20,22H,21H2. The van der Waals surface area contributed by atoms with Crippen molar-refractivity contribution in [2.45, 2.75) is 6.42 Å². The van der Waals surface area contributed by atoms with Gasteiger partial charge in [-0.1, -0.05) is 212 Å². The van der Waals surface area contributed by atoms with Gasteiger partial charge < -0.3 is 13.9 Å². The zero-order valence-electron chi connectivity index (χ0n) is 39.2. The molecule has 0 saturated carbocycles. The lowest BCUT2D eigenvalue weighted by Crippen LogP contribution is -2.57. The number of nitrogens with zero attached hydrogens (tertiary/aromatic N) is 3. The van der Waals surface area contributed by atoms with Crippen LogP contribution < -0.4 is 15.7 Å². The molecule has 11 aromatic carbocycles. The van der Waals surface area contributed by atoms with Crippen molar-refractivity contribution < 1.29 is 0 Å². The van der Waals surface area contributed by atoms with E-state index < -0.39 is 0 Å². The average molecular weight is 906 g/mol. The number of hydrogen-bond donors (Lipinski definition) is 0. The van der Waals surface area contributed by atoms with Gasteiger partial charge in [0, 0.05) is 49.9 Å². The van der Waals surface area contributed by atoms with Crippen molar-refractivity contribution in [3.05, 3.63) is 290 Å². The molecule has 71 heavy (non-hydrogen) atoms. The van der Waals surface area contributed by atoms with Crippen LogP contribution in [-0.4, -0.2) is 16.0 Å². The lowest BCUT2D eigenvalue weighted by Gasteiger charge is -2.39. The molecule has 1 aliphatic heterocycles. The summed E-state index contributed by atoms with van der Waals surface area (Å²) in [5.74, 6) is 0. The Morgan fingerprint density at radius 3 is 1.45 bits per heavy atom. The maximum atomic E-state index is 2.53. The number of benzene rings is 11. The summed E-state index contributed by atoms with van der Waals surface area (Å²) in [6, 6.07) is 101. The first-order valence-electron chi connectivity index (χ1n) is 24.6. The van der Waals surface area contributed by atoms with Crippen molar-refractivity contribution in [3.8, 4) is 33.6 Å². The van der Waals surface area contributed by atoms with Gasteiger partial charge in [0.05, 0.1) is 22.1 Å². The molecule has 0 aliphatic carbocycles. The molecule has 0 N–H and O–H groups in total. The second-order valence-corrected chi connectivity index (χ2v) is 18.4. The second-order valence-electron chi connectivity index (χ2n) is 18.4. The molecular weight excluding hydrogens is 858 g/mol. The van der Waals surface area contributed by atoms with Gasteiger partial charge in [-0.3, -0.25) is 0 Å². The summed E-state index contributed by atoms with van der Waals surface area (Å²) in [6.45, 7) is 0.0669. The third kappa shape index (κ3) is 7.49. The van der Waals surface area contributed by atoms with Crippen molar-refractivity contribution in [2.75, 3.05) is 4.81 Å². The SMILES string of the molecule is c1ccc(-c2ccccc2Cc2ccc3c(c2)c2ccccc2n3-c2ccccc2)cc1.c1ccc(B2c3ccccc3-c3ccccc3N2c2ccc3c(c2)c2ccccc2n3-c2ccccc2)cc1. The molecule has 0 bridgehead atoms. The number of anilines is 2. The summed E-state index contributed by atoms with van der Waals surface area (Å²) in [5.41, 5.74) is 20.2. The smallest absolute Gasteiger partial charge is 0.328 e. The highest BCUT2D eigenvalue weighted by atomic mass is 15.1. The topological polar surface area (TPSA) is 13.1 Å². The van der Waals surface area contributed by atoms with Gasteiger partial charge in [-0.05, 0) is 112 Å². The van der Waals surface area contributed by atoms with Gasteiger partial charge in [0.2, 0.25) is 0 Å². The third-order valence-corrected chi connectivity index (χ3v) is 14.3. The van der Waals surface area contributed by atoms with Crippen LogP contribution in [0.3, 0.4) is 0 Å². The van der Waals surface area contributed by atoms with Crippen LogP contribution in [0.4, 0.5) is 11.4 Å². The molecular formula is C67H48BN3. The molecule has 0 radical (unpaired) electrons. The normalized spacial score (nSPS) is 11.9. The molecule has 14 rings (SSSR count). The van der Waals surface area contributed by atoms with E-state index in [1.807, 2.05) is 0 Å². The zero-order valence-corrected chi connectivity index (χ0v) is 39.2. The Morgan fingerprint density at radius 2 is 0.789 bits per heavy atom. The highest BCUT2D eigenvalue weighted by Gasteiger charge is 2.37. The van der Waals surface area contributed by atoms with Crippen LogP contribution in [0.1, 0.15) is 11.1 Å². The van der Waals surface area contributed by atoms with Gasteiger partial charge >= 0.3 is 6.85 Å². The highest BCUT2D eigenvalue weighted by Crippen LogP contribution is 2.42. The monoisotopic (exact) mass is 905 g/mol. The number of para-hydroxylation sites is 5. The third-order valence-electron chi connectivity index (χ3n) is 14.3. The lowest BCUT2D eigenvalue weighted by molar-refractivity contribution is 1.17. The Kier molecular flexibility index (Phi) is 10.7. The molecule has 4 heteroatoms. The van der Waals surface area contributed by atoms with Gasteiger partial charge in [0.15, 0.2) is 0 Å². The zero-order chi connectivity index (χ0) is 47.1. The van der Waals surface area contributed by atoms with E-state index in [9.17, 15) is 0 Å². The molecule has 2 aromatic heterocycles. The van der Waals surface area contributed by atoms with Crippen LogP contribution in [0.15, 0.2) is 279 Å². The summed E-state index contributed by atoms with van der Waals surface area (Å²) in [5, 5.41) is 5.12. The van der Waals surface area contributed by atoms with E-state index in [-0.39, 0.29) is 6.85 Å². The summed E-state index contributed by atoms with van der Waals surface area (Å²) in [6.07, 6.45) is 0.909. The summed E-state index contributed by atoms with van der Waals surface area (Å²) >= 11 is 0. The summed E-state index contributed by atoms with van der Waals surface area (Å²) in [7, 11) is 0. The first-order chi connectivity index (χ1) is 35.3. The first kappa shape index (κ1) is 42.0. The van der Waals surface area contributed by atoms with Crippen LogP contribution in [0.2, 0.25) is 0 Å². The van der Waals surface area contributed by atoms with Gasteiger partial charge in [-0.25, -0.2) is 0 Å². The Hall–Kier alpha value is -9.12. The number of rotatable bonds is 7. The van der Waals surface area contributed by atoms with Crippen molar-refractivity contribution >= 4 is 72.8 Å². The maximum absolute atomic E-state index is 2.53. The minimum Gasteiger partial charge on any atom is -0.376 e. The van der Waals surface area contributed by atoms with Crippen molar-refractivity contribution in [1.29, 1.82) is 0 Å². The molecule has 0 amide bonds. The van der Waals surface area contributed by atoms with Crippen LogP contribution >= 0.6 is 0 Å². The second kappa shape index (κ2) is 18.1. The van der Waals surface area contributed by atoms with E-state index in [0.29, 0.717) is 0 Å². The molecule has 3 nitrogen and oxygen atoms in total. The van der Waals surface area contributed by atoms with Crippen LogP contribution in [-0.2, 0) is 6.42 Å². The number of fused-ring (bicyclic) bond motifs is 9. The fraction of sp³-hybridized carbons (Fsp3) is 0.0149. The molecule has 13 aromatic rings. The Bertz CT molecular complexity index is 4030. The van der Waals surface area contributed by atoms with Gasteiger partial charge in [0.1, 0.15) is 0 Å². The quantitative estimate of drug-likeness (QED) is 0.145. The molecule has 1 aliphatic rings. The number of aromatic nitrogens is 2. The van der Waals surface area contributed by atoms with Crippen molar-refractivity contribution in [1.82, 2.24) is 9.13 Å². The Balaban J connectivity index is 0.000000141. The fourth-order valence-electron chi connectivity index (χ4n) is 11.2. The minimum atomic E-state index is 0.0669. The maximum Gasteiger partial charge on any atom is 0.328 e. The average Bonchev–Trinajstić information content (AvgIpc) is 3.96. The molecule has 0 fully saturated rings. The summed E-state index contributed by atoms with van der Waals surface area (Å²) in [4.78, 5) is 2.53. The van der Waals surface area contributed by atoms with E-state index in [0.717, 1.165) is 6.42 Å². The molecule has 0 saturated heterocycles. The van der Waals surface area contributed by atoms with Crippen LogP contribution in [0, 0.1) is 0 Å². The first-order valence-corrected chi connectivity index (χ1v) is 24.6. The van der Waals surface area contributed by atoms with E-state index >= 15 is 0 Å². The van der Waals surface area contributed by atoms with Crippen LogP contribution in [0.25, 0.3) is 77.2 Å². The largest absolute Gasteiger partial charge is 0.376 e. The molecule has 0 spiro atoms. The lowest BCUT2D eigenvalue weighted by atomic mass is 9.46. The van der Waals surface area contributed by atoms with E-state index in [1.54, 1.807) is 0 Å². The van der Waals surface area contributed by atoms with Gasteiger partial charge in [-0.15, -0.1) is 0 Å². The Labute approximate surface area is 414 Å². The predicted molar refractivity (Wildman–Crippen MR) is 302 cm³/mol. The van der Waals surface area contributed by atoms with E-state index in [4.69, 9.17) is 0 Å². The van der Waals surface area contributed by atoms with Crippen molar-refractivity contribution in [2.24, 2.45) is 0 Å². The predicted octanol–water partition coefficient (Wildman–Crippen LogP) is 15.7. The van der Waals surface area contributed by atoms with Crippen molar-refractivity contribution in [3.63, 3.8) is 0 Å². The van der Waals surface area contributed by atoms with E-state index in [2.05, 4.69) is 293 Å². The molecule has 0 atom stereocenters.